The van der Waals surface area contributed by atoms with Crippen LogP contribution in [0.3, 0.4) is 0 Å². The fourth-order valence-corrected chi connectivity index (χ4v) is 4.22. The van der Waals surface area contributed by atoms with E-state index in [4.69, 9.17) is 0 Å². The van der Waals surface area contributed by atoms with Gasteiger partial charge in [0.2, 0.25) is 0 Å². The third kappa shape index (κ3) is 6.18. The molecule has 0 aliphatic rings. The summed E-state index contributed by atoms with van der Waals surface area (Å²) in [7, 11) is 0. The number of carbonyl (C=O) groups excluding carboxylic acids is 2. The van der Waals surface area contributed by atoms with Crippen molar-refractivity contribution in [2.45, 2.75) is 0 Å². The lowest BCUT2D eigenvalue weighted by atomic mass is 10.0. The molecule has 0 saturated heterocycles. The molecule has 0 atom stereocenters. The quantitative estimate of drug-likeness (QED) is 0.161. The topological polar surface area (TPSA) is 34.1 Å². The van der Waals surface area contributed by atoms with Gasteiger partial charge in [0, 0.05) is 11.1 Å². The zero-order valence-electron chi connectivity index (χ0n) is 20.8. The van der Waals surface area contributed by atoms with E-state index in [1.54, 1.807) is 24.3 Å². The molecule has 0 aliphatic heterocycles. The predicted molar refractivity (Wildman–Crippen MR) is 157 cm³/mol. The molecule has 2 nitrogen and oxygen atoms in total. The molecule has 0 heterocycles. The lowest BCUT2D eigenvalue weighted by molar-refractivity contribution is 0.104. The number of hydrogen-bond acceptors (Lipinski definition) is 2. The van der Waals surface area contributed by atoms with E-state index < -0.39 is 0 Å². The molecule has 0 amide bonds. The van der Waals surface area contributed by atoms with Crippen molar-refractivity contribution in [3.8, 4) is 22.3 Å². The Balaban J connectivity index is 1.22. The highest BCUT2D eigenvalue weighted by atomic mass is 16.1. The number of rotatable bonds is 8. The smallest absolute Gasteiger partial charge is 0.185 e. The maximum atomic E-state index is 12.7. The van der Waals surface area contributed by atoms with Crippen molar-refractivity contribution in [2.75, 3.05) is 0 Å². The van der Waals surface area contributed by atoms with Gasteiger partial charge in [-0.05, 0) is 51.6 Å². The molecule has 5 rings (SSSR count). The zero-order chi connectivity index (χ0) is 26.2. The van der Waals surface area contributed by atoms with Crippen LogP contribution >= 0.6 is 0 Å². The third-order valence-corrected chi connectivity index (χ3v) is 6.32. The molecule has 38 heavy (non-hydrogen) atoms. The molecule has 182 valence electrons. The van der Waals surface area contributed by atoms with Gasteiger partial charge in [-0.15, -0.1) is 0 Å². The van der Waals surface area contributed by atoms with Crippen LogP contribution in [0, 0.1) is 0 Å². The highest BCUT2D eigenvalue weighted by Gasteiger charge is 2.05. The van der Waals surface area contributed by atoms with Gasteiger partial charge in [0.1, 0.15) is 0 Å². The normalized spacial score (nSPS) is 11.2. The second-order valence-electron chi connectivity index (χ2n) is 8.95. The molecule has 0 unspecified atom stereocenters. The van der Waals surface area contributed by atoms with Gasteiger partial charge in [0.25, 0.3) is 0 Å². The van der Waals surface area contributed by atoms with Gasteiger partial charge < -0.3 is 0 Å². The van der Waals surface area contributed by atoms with Gasteiger partial charge in [0.05, 0.1) is 0 Å². The highest BCUT2D eigenvalue weighted by Crippen LogP contribution is 2.21. The summed E-state index contributed by atoms with van der Waals surface area (Å²) in [4.78, 5) is 25.4. The Kier molecular flexibility index (Phi) is 7.62. The van der Waals surface area contributed by atoms with Crippen molar-refractivity contribution in [1.29, 1.82) is 0 Å². The van der Waals surface area contributed by atoms with E-state index in [0.717, 1.165) is 33.4 Å². The third-order valence-electron chi connectivity index (χ3n) is 6.32. The van der Waals surface area contributed by atoms with E-state index in [-0.39, 0.29) is 11.6 Å². The van der Waals surface area contributed by atoms with Gasteiger partial charge in [-0.2, -0.15) is 0 Å². The van der Waals surface area contributed by atoms with Crippen LogP contribution in [-0.4, -0.2) is 11.6 Å². The summed E-state index contributed by atoms with van der Waals surface area (Å²) in [6, 6.07) is 43.2. The molecule has 5 aromatic rings. The van der Waals surface area contributed by atoms with Crippen molar-refractivity contribution in [3.05, 3.63) is 168 Å². The van der Waals surface area contributed by atoms with Crippen LogP contribution in [0.15, 0.2) is 146 Å². The van der Waals surface area contributed by atoms with Crippen molar-refractivity contribution in [2.24, 2.45) is 0 Å². The van der Waals surface area contributed by atoms with Crippen LogP contribution < -0.4 is 0 Å². The first-order chi connectivity index (χ1) is 18.7. The van der Waals surface area contributed by atoms with Crippen LogP contribution in [0.2, 0.25) is 0 Å². The van der Waals surface area contributed by atoms with E-state index >= 15 is 0 Å². The monoisotopic (exact) mass is 490 g/mol. The standard InChI is InChI=1S/C36H26O2/c37-35(33-20-16-31(17-21-33)29-10-3-1-4-11-29)24-14-27-8-7-9-28(26-27)15-25-36(38)34-22-18-32(19-23-34)30-12-5-2-6-13-30/h1-26H. The second-order valence-corrected chi connectivity index (χ2v) is 8.95. The Bertz CT molecular complexity index is 1470. The summed E-state index contributed by atoms with van der Waals surface area (Å²) < 4.78 is 0. The van der Waals surface area contributed by atoms with E-state index in [1.165, 1.54) is 0 Å². The molecule has 2 heteroatoms. The predicted octanol–water partition coefficient (Wildman–Crippen LogP) is 8.81. The molecule has 0 aliphatic carbocycles. The first-order valence-corrected chi connectivity index (χ1v) is 12.5. The minimum atomic E-state index is -0.0558. The number of hydrogen-bond donors (Lipinski definition) is 0. The maximum absolute atomic E-state index is 12.7. The largest absolute Gasteiger partial charge is 0.289 e. The summed E-state index contributed by atoms with van der Waals surface area (Å²) >= 11 is 0. The van der Waals surface area contributed by atoms with Crippen LogP contribution in [0.25, 0.3) is 34.4 Å². The molecular weight excluding hydrogens is 464 g/mol. The Morgan fingerprint density at radius 1 is 0.395 bits per heavy atom. The van der Waals surface area contributed by atoms with E-state index in [1.807, 2.05) is 133 Å². The lowest BCUT2D eigenvalue weighted by Gasteiger charge is -2.03. The second kappa shape index (κ2) is 11.8. The van der Waals surface area contributed by atoms with Crippen molar-refractivity contribution in [1.82, 2.24) is 0 Å². The summed E-state index contributed by atoms with van der Waals surface area (Å²) in [5.41, 5.74) is 7.45. The number of allylic oxidation sites excluding steroid dienone is 2. The summed E-state index contributed by atoms with van der Waals surface area (Å²) in [6.07, 6.45) is 6.77. The van der Waals surface area contributed by atoms with Crippen molar-refractivity contribution >= 4 is 23.7 Å². The first-order valence-electron chi connectivity index (χ1n) is 12.5. The summed E-state index contributed by atoms with van der Waals surface area (Å²) in [5, 5.41) is 0. The number of benzene rings is 5. The summed E-state index contributed by atoms with van der Waals surface area (Å²) in [5.74, 6) is -0.112. The SMILES string of the molecule is O=C(C=Cc1cccc(C=CC(=O)c2ccc(-c3ccccc3)cc2)c1)c1ccc(-c2ccccc2)cc1. The van der Waals surface area contributed by atoms with Crippen LogP contribution in [0.4, 0.5) is 0 Å². The van der Waals surface area contributed by atoms with E-state index in [0.29, 0.717) is 11.1 Å². The number of ketones is 2. The Morgan fingerprint density at radius 2 is 0.763 bits per heavy atom. The fraction of sp³-hybridized carbons (Fsp3) is 0. The van der Waals surface area contributed by atoms with Gasteiger partial charge in [0.15, 0.2) is 11.6 Å². The Hall–Kier alpha value is -5.08. The van der Waals surface area contributed by atoms with Gasteiger partial charge in [-0.25, -0.2) is 0 Å². The van der Waals surface area contributed by atoms with Crippen LogP contribution in [0.1, 0.15) is 31.8 Å². The van der Waals surface area contributed by atoms with Crippen molar-refractivity contribution in [3.63, 3.8) is 0 Å². The Labute approximate surface area is 223 Å². The average Bonchev–Trinajstić information content (AvgIpc) is 3.00. The molecule has 0 bridgehead atoms. The molecule has 0 spiro atoms. The molecule has 0 fully saturated rings. The van der Waals surface area contributed by atoms with Crippen molar-refractivity contribution < 1.29 is 9.59 Å². The van der Waals surface area contributed by atoms with E-state index in [9.17, 15) is 9.59 Å². The molecule has 0 N–H and O–H groups in total. The zero-order valence-corrected chi connectivity index (χ0v) is 20.8. The lowest BCUT2D eigenvalue weighted by Crippen LogP contribution is -1.94. The van der Waals surface area contributed by atoms with Crippen LogP contribution in [-0.2, 0) is 0 Å². The number of carbonyl (C=O) groups is 2. The maximum Gasteiger partial charge on any atom is 0.185 e. The van der Waals surface area contributed by atoms with E-state index in [2.05, 4.69) is 0 Å². The average molecular weight is 491 g/mol. The molecule has 0 saturated carbocycles. The molecular formula is C36H26O2. The highest BCUT2D eigenvalue weighted by molar-refractivity contribution is 6.08. The Morgan fingerprint density at radius 3 is 1.16 bits per heavy atom. The molecule has 5 aromatic carbocycles. The molecule has 0 radical (unpaired) electrons. The van der Waals surface area contributed by atoms with Crippen LogP contribution in [0.5, 0.6) is 0 Å². The van der Waals surface area contributed by atoms with Gasteiger partial charge in [-0.3, -0.25) is 9.59 Å². The van der Waals surface area contributed by atoms with Gasteiger partial charge in [-0.1, -0.05) is 140 Å². The molecule has 0 aromatic heterocycles. The fourth-order valence-electron chi connectivity index (χ4n) is 4.22. The minimum Gasteiger partial charge on any atom is -0.289 e. The summed E-state index contributed by atoms with van der Waals surface area (Å²) in [6.45, 7) is 0. The van der Waals surface area contributed by atoms with Gasteiger partial charge >= 0.3 is 0 Å². The first kappa shape index (κ1) is 24.6. The minimum absolute atomic E-state index is 0.0558.